The van der Waals surface area contributed by atoms with Crippen molar-refractivity contribution < 1.29 is 19.5 Å². The van der Waals surface area contributed by atoms with E-state index < -0.39 is 17.4 Å². The first-order valence-electron chi connectivity index (χ1n) is 9.75. The van der Waals surface area contributed by atoms with Gasteiger partial charge in [-0.3, -0.25) is 14.8 Å². The lowest BCUT2D eigenvalue weighted by Crippen LogP contribution is -2.53. The number of methoxy groups -OCH3 is 1. The van der Waals surface area contributed by atoms with Crippen LogP contribution < -0.4 is 5.48 Å². The maximum absolute atomic E-state index is 13.4. The first-order chi connectivity index (χ1) is 12.9. The van der Waals surface area contributed by atoms with Crippen molar-refractivity contribution in [2.24, 2.45) is 5.92 Å². The van der Waals surface area contributed by atoms with Crippen molar-refractivity contribution in [2.45, 2.75) is 63.5 Å². The second kappa shape index (κ2) is 7.98. The third-order valence-corrected chi connectivity index (χ3v) is 6.49. The zero-order valence-corrected chi connectivity index (χ0v) is 16.4. The Balaban J connectivity index is 1.83. The summed E-state index contributed by atoms with van der Waals surface area (Å²) in [6, 6.07) is 7.40. The van der Waals surface area contributed by atoms with Crippen LogP contribution in [0.1, 0.15) is 50.2 Å². The first-order valence-corrected chi connectivity index (χ1v) is 9.75. The summed E-state index contributed by atoms with van der Waals surface area (Å²) in [6.45, 7) is 4.49. The minimum absolute atomic E-state index is 0.0335. The zero-order chi connectivity index (χ0) is 19.6. The van der Waals surface area contributed by atoms with E-state index in [2.05, 4.69) is 0 Å². The molecular formula is C21H30N2O4. The molecule has 1 saturated carbocycles. The number of carbonyl (C=O) groups excluding carboxylic acids is 2. The highest BCUT2D eigenvalue weighted by Crippen LogP contribution is 2.39. The Bertz CT molecular complexity index is 682. The Morgan fingerprint density at radius 2 is 1.89 bits per heavy atom. The summed E-state index contributed by atoms with van der Waals surface area (Å²) in [5, 5.41) is 9.30. The van der Waals surface area contributed by atoms with Crippen LogP contribution in [0.2, 0.25) is 0 Å². The van der Waals surface area contributed by atoms with Gasteiger partial charge in [-0.2, -0.15) is 0 Å². The molecule has 27 heavy (non-hydrogen) atoms. The number of hydroxylamine groups is 1. The molecule has 0 spiro atoms. The van der Waals surface area contributed by atoms with E-state index in [1.54, 1.807) is 17.5 Å². The Kier molecular flexibility index (Phi) is 5.86. The number of benzene rings is 1. The van der Waals surface area contributed by atoms with E-state index in [0.29, 0.717) is 13.0 Å². The normalized spacial score (nSPS) is 29.6. The summed E-state index contributed by atoms with van der Waals surface area (Å²) in [7, 11) is 1.71. The number of ether oxygens (including phenoxy) is 1. The van der Waals surface area contributed by atoms with E-state index in [9.17, 15) is 14.8 Å². The van der Waals surface area contributed by atoms with Crippen molar-refractivity contribution in [2.75, 3.05) is 13.7 Å². The van der Waals surface area contributed by atoms with Crippen LogP contribution in [0.5, 0.6) is 0 Å². The standard InChI is InChI=1S/C21H30N2O4/c1-14-4-8-16(9-5-14)21(2)12-13-23(20(21)25)18(19(24)22-26)15-6-10-17(27-3)11-7-15/h4-5,8-9,15,17-18,26H,6-7,10-13H2,1-3H3,(H,22,24). The van der Waals surface area contributed by atoms with Gasteiger partial charge in [-0.15, -0.1) is 0 Å². The molecule has 148 valence electrons. The molecule has 1 saturated heterocycles. The lowest BCUT2D eigenvalue weighted by atomic mass is 9.79. The number of amides is 2. The van der Waals surface area contributed by atoms with E-state index in [1.807, 2.05) is 38.1 Å². The quantitative estimate of drug-likeness (QED) is 0.613. The molecule has 0 aromatic heterocycles. The molecule has 0 bridgehead atoms. The summed E-state index contributed by atoms with van der Waals surface area (Å²) >= 11 is 0. The number of nitrogens with zero attached hydrogens (tertiary/aromatic N) is 1. The fourth-order valence-electron chi connectivity index (χ4n) is 4.64. The molecule has 2 amide bonds. The molecule has 1 aliphatic heterocycles. The Morgan fingerprint density at radius 3 is 2.44 bits per heavy atom. The number of hydrogen-bond acceptors (Lipinski definition) is 4. The van der Waals surface area contributed by atoms with Crippen molar-refractivity contribution in [3.63, 3.8) is 0 Å². The maximum Gasteiger partial charge on any atom is 0.266 e. The second-order valence-corrected chi connectivity index (χ2v) is 8.14. The predicted octanol–water partition coefficient (Wildman–Crippen LogP) is 2.56. The highest BCUT2D eigenvalue weighted by atomic mass is 16.5. The lowest BCUT2D eigenvalue weighted by molar-refractivity contribution is -0.147. The van der Waals surface area contributed by atoms with Crippen LogP contribution in [0.4, 0.5) is 0 Å². The van der Waals surface area contributed by atoms with E-state index in [0.717, 1.165) is 36.8 Å². The molecule has 6 nitrogen and oxygen atoms in total. The molecule has 1 aliphatic carbocycles. The third kappa shape index (κ3) is 3.73. The molecule has 1 aromatic rings. The largest absolute Gasteiger partial charge is 0.381 e. The van der Waals surface area contributed by atoms with Crippen LogP contribution in [-0.4, -0.2) is 47.7 Å². The van der Waals surface area contributed by atoms with E-state index >= 15 is 0 Å². The first kappa shape index (κ1) is 19.8. The molecule has 2 atom stereocenters. The Labute approximate surface area is 160 Å². The van der Waals surface area contributed by atoms with Gasteiger partial charge in [0, 0.05) is 13.7 Å². The van der Waals surface area contributed by atoms with Crippen LogP contribution >= 0.6 is 0 Å². The van der Waals surface area contributed by atoms with Gasteiger partial charge in [-0.05, 0) is 57.4 Å². The number of likely N-dealkylation sites (tertiary alicyclic amines) is 1. The molecule has 0 radical (unpaired) electrons. The maximum atomic E-state index is 13.4. The minimum Gasteiger partial charge on any atom is -0.381 e. The topological polar surface area (TPSA) is 78.9 Å². The van der Waals surface area contributed by atoms with E-state index in [1.165, 1.54) is 0 Å². The van der Waals surface area contributed by atoms with Gasteiger partial charge in [-0.1, -0.05) is 29.8 Å². The number of hydrogen-bond donors (Lipinski definition) is 2. The van der Waals surface area contributed by atoms with Gasteiger partial charge in [0.15, 0.2) is 0 Å². The number of nitrogens with one attached hydrogen (secondary N) is 1. The molecular weight excluding hydrogens is 344 g/mol. The summed E-state index contributed by atoms with van der Waals surface area (Å²) < 4.78 is 5.42. The smallest absolute Gasteiger partial charge is 0.266 e. The Morgan fingerprint density at radius 1 is 1.26 bits per heavy atom. The van der Waals surface area contributed by atoms with Crippen LogP contribution in [-0.2, 0) is 19.7 Å². The number of aryl methyl sites for hydroxylation is 1. The molecule has 2 unspecified atom stereocenters. The van der Waals surface area contributed by atoms with Gasteiger partial charge in [-0.25, -0.2) is 5.48 Å². The van der Waals surface area contributed by atoms with E-state index in [-0.39, 0.29) is 17.9 Å². The summed E-state index contributed by atoms with van der Waals surface area (Å²) in [6.07, 6.45) is 4.23. The molecule has 1 aromatic carbocycles. The lowest BCUT2D eigenvalue weighted by Gasteiger charge is -2.37. The van der Waals surface area contributed by atoms with Gasteiger partial charge >= 0.3 is 0 Å². The van der Waals surface area contributed by atoms with Crippen LogP contribution in [0, 0.1) is 12.8 Å². The van der Waals surface area contributed by atoms with Crippen molar-refractivity contribution in [3.8, 4) is 0 Å². The number of rotatable bonds is 5. The fourth-order valence-corrected chi connectivity index (χ4v) is 4.64. The van der Waals surface area contributed by atoms with Crippen molar-refractivity contribution in [3.05, 3.63) is 35.4 Å². The molecule has 2 aliphatic rings. The van der Waals surface area contributed by atoms with Gasteiger partial charge < -0.3 is 9.64 Å². The molecule has 2 N–H and O–H groups in total. The zero-order valence-electron chi connectivity index (χ0n) is 16.4. The van der Waals surface area contributed by atoms with Crippen LogP contribution in [0.15, 0.2) is 24.3 Å². The monoisotopic (exact) mass is 374 g/mol. The molecule has 1 heterocycles. The van der Waals surface area contributed by atoms with Crippen LogP contribution in [0.3, 0.4) is 0 Å². The molecule has 6 heteroatoms. The third-order valence-electron chi connectivity index (χ3n) is 6.49. The summed E-state index contributed by atoms with van der Waals surface area (Å²) in [5.74, 6) is -0.487. The second-order valence-electron chi connectivity index (χ2n) is 8.14. The van der Waals surface area contributed by atoms with Gasteiger partial charge in [0.25, 0.3) is 5.91 Å². The fraction of sp³-hybridized carbons (Fsp3) is 0.619. The minimum atomic E-state index is -0.634. The summed E-state index contributed by atoms with van der Waals surface area (Å²) in [4.78, 5) is 27.6. The van der Waals surface area contributed by atoms with E-state index in [4.69, 9.17) is 4.74 Å². The SMILES string of the molecule is COC1CCC(C(C(=O)NO)N2CCC(C)(c3ccc(C)cc3)C2=O)CC1. The van der Waals surface area contributed by atoms with Gasteiger partial charge in [0.1, 0.15) is 6.04 Å². The van der Waals surface area contributed by atoms with Crippen molar-refractivity contribution >= 4 is 11.8 Å². The van der Waals surface area contributed by atoms with Crippen molar-refractivity contribution in [1.29, 1.82) is 0 Å². The average Bonchev–Trinajstić information content (AvgIpc) is 2.99. The highest BCUT2D eigenvalue weighted by molar-refractivity contribution is 5.94. The number of carbonyl (C=O) groups is 2. The highest BCUT2D eigenvalue weighted by Gasteiger charge is 2.49. The Hall–Kier alpha value is -1.92. The molecule has 3 rings (SSSR count). The van der Waals surface area contributed by atoms with Gasteiger partial charge in [0.05, 0.1) is 11.5 Å². The predicted molar refractivity (Wildman–Crippen MR) is 101 cm³/mol. The summed E-state index contributed by atoms with van der Waals surface area (Å²) in [5.41, 5.74) is 3.29. The van der Waals surface area contributed by atoms with Crippen LogP contribution in [0.25, 0.3) is 0 Å². The van der Waals surface area contributed by atoms with Gasteiger partial charge in [0.2, 0.25) is 5.91 Å². The molecule has 2 fully saturated rings. The van der Waals surface area contributed by atoms with Crippen molar-refractivity contribution in [1.82, 2.24) is 10.4 Å². The average molecular weight is 374 g/mol.